The monoisotopic (exact) mass is 420 g/mol. The highest BCUT2D eigenvalue weighted by atomic mass is 127. The summed E-state index contributed by atoms with van der Waals surface area (Å²) in [4.78, 5) is 8.67. The van der Waals surface area contributed by atoms with Crippen LogP contribution in [-0.4, -0.2) is 30.1 Å². The van der Waals surface area contributed by atoms with Gasteiger partial charge in [-0.15, -0.1) is 24.0 Å². The van der Waals surface area contributed by atoms with Crippen molar-refractivity contribution in [3.63, 3.8) is 0 Å². The summed E-state index contributed by atoms with van der Waals surface area (Å²) in [5, 5.41) is 7.26. The third kappa shape index (κ3) is 6.65. The molecule has 2 N–H and O–H groups in total. The third-order valence-corrected chi connectivity index (χ3v) is 3.38. The molecule has 1 aliphatic carbocycles. The van der Waals surface area contributed by atoms with Crippen LogP contribution in [0.3, 0.4) is 0 Å². The molecule has 0 atom stereocenters. The standard InChI is InChI=1S/C15H21ClN4.HI/c1-2-17-15(20-13-5-3-4-6-13)18-10-9-12-7-8-14(16)19-11-12;/h3-4,7-8,11,13H,2,5-6,9-10H2,1H3,(H2,17,18,20);1H. The fraction of sp³-hybridized carbons (Fsp3) is 0.467. The molecule has 0 fully saturated rings. The average molecular weight is 421 g/mol. The zero-order chi connectivity index (χ0) is 14.2. The van der Waals surface area contributed by atoms with Crippen LogP contribution in [0.4, 0.5) is 0 Å². The fourth-order valence-corrected chi connectivity index (χ4v) is 2.21. The number of hydrogen-bond donors (Lipinski definition) is 2. The molecule has 4 nitrogen and oxygen atoms in total. The zero-order valence-corrected chi connectivity index (χ0v) is 15.3. The number of aliphatic imine (C=N–C) groups is 1. The molecule has 0 saturated heterocycles. The molecule has 6 heteroatoms. The fourth-order valence-electron chi connectivity index (χ4n) is 2.10. The first-order valence-electron chi connectivity index (χ1n) is 7.08. The minimum absolute atomic E-state index is 0. The van der Waals surface area contributed by atoms with Crippen molar-refractivity contribution in [3.8, 4) is 0 Å². The molecule has 1 aromatic rings. The van der Waals surface area contributed by atoms with Crippen molar-refractivity contribution in [2.75, 3.05) is 13.1 Å². The van der Waals surface area contributed by atoms with Crippen LogP contribution < -0.4 is 10.6 Å². The van der Waals surface area contributed by atoms with Gasteiger partial charge in [0.1, 0.15) is 5.15 Å². The third-order valence-electron chi connectivity index (χ3n) is 3.15. The van der Waals surface area contributed by atoms with E-state index in [2.05, 4.69) is 39.7 Å². The summed E-state index contributed by atoms with van der Waals surface area (Å²) in [6.07, 6.45) is 9.24. The second-order valence-corrected chi connectivity index (χ2v) is 5.17. The van der Waals surface area contributed by atoms with Crippen molar-refractivity contribution in [1.82, 2.24) is 15.6 Å². The molecule has 0 saturated carbocycles. The quantitative estimate of drug-likeness (QED) is 0.253. The Labute approximate surface area is 148 Å². The summed E-state index contributed by atoms with van der Waals surface area (Å²) >= 11 is 5.77. The Morgan fingerprint density at radius 1 is 1.38 bits per heavy atom. The zero-order valence-electron chi connectivity index (χ0n) is 12.2. The Balaban J connectivity index is 0.00000220. The molecule has 0 bridgehead atoms. The van der Waals surface area contributed by atoms with Gasteiger partial charge in [0.2, 0.25) is 0 Å². The molecule has 0 radical (unpaired) electrons. The van der Waals surface area contributed by atoms with E-state index in [0.29, 0.717) is 11.2 Å². The van der Waals surface area contributed by atoms with Crippen molar-refractivity contribution >= 4 is 41.5 Å². The Bertz CT molecular complexity index is 465. The lowest BCUT2D eigenvalue weighted by Crippen LogP contribution is -2.42. The van der Waals surface area contributed by atoms with Gasteiger partial charge >= 0.3 is 0 Å². The van der Waals surface area contributed by atoms with E-state index in [1.807, 2.05) is 12.1 Å². The number of guanidine groups is 1. The van der Waals surface area contributed by atoms with Crippen molar-refractivity contribution in [2.24, 2.45) is 4.99 Å². The van der Waals surface area contributed by atoms with E-state index in [4.69, 9.17) is 11.6 Å². The van der Waals surface area contributed by atoms with Gasteiger partial charge in [-0.2, -0.15) is 0 Å². The lowest BCUT2D eigenvalue weighted by molar-refractivity contribution is 0.633. The van der Waals surface area contributed by atoms with E-state index in [1.54, 1.807) is 6.20 Å². The van der Waals surface area contributed by atoms with E-state index in [0.717, 1.165) is 43.9 Å². The van der Waals surface area contributed by atoms with Gasteiger partial charge in [-0.1, -0.05) is 29.8 Å². The van der Waals surface area contributed by atoms with E-state index < -0.39 is 0 Å². The molecule has 1 heterocycles. The number of hydrogen-bond acceptors (Lipinski definition) is 2. The normalized spacial score (nSPS) is 14.9. The van der Waals surface area contributed by atoms with Crippen molar-refractivity contribution in [1.29, 1.82) is 0 Å². The molecular weight excluding hydrogens is 399 g/mol. The Kier molecular flexibility index (Phi) is 8.68. The number of rotatable bonds is 5. The number of halogens is 2. The molecule has 0 amide bonds. The van der Waals surface area contributed by atoms with Gasteiger partial charge in [-0.25, -0.2) is 4.98 Å². The van der Waals surface area contributed by atoms with Gasteiger partial charge < -0.3 is 10.6 Å². The molecule has 0 aromatic carbocycles. The maximum atomic E-state index is 5.77. The van der Waals surface area contributed by atoms with Crippen LogP contribution in [0, 0.1) is 0 Å². The second-order valence-electron chi connectivity index (χ2n) is 4.78. The maximum Gasteiger partial charge on any atom is 0.191 e. The first-order valence-corrected chi connectivity index (χ1v) is 7.46. The minimum Gasteiger partial charge on any atom is -0.357 e. The van der Waals surface area contributed by atoms with Crippen LogP contribution in [0.5, 0.6) is 0 Å². The Hall–Kier alpha value is -0.820. The molecule has 0 spiro atoms. The predicted molar refractivity (Wildman–Crippen MR) is 99.6 cm³/mol. The van der Waals surface area contributed by atoms with Crippen LogP contribution >= 0.6 is 35.6 Å². The van der Waals surface area contributed by atoms with E-state index in [-0.39, 0.29) is 24.0 Å². The Morgan fingerprint density at radius 3 is 2.76 bits per heavy atom. The van der Waals surface area contributed by atoms with Crippen LogP contribution in [0.25, 0.3) is 0 Å². The first kappa shape index (κ1) is 18.2. The van der Waals surface area contributed by atoms with E-state index >= 15 is 0 Å². The molecule has 1 aromatic heterocycles. The number of nitrogens with one attached hydrogen (secondary N) is 2. The summed E-state index contributed by atoms with van der Waals surface area (Å²) < 4.78 is 0. The largest absolute Gasteiger partial charge is 0.357 e. The van der Waals surface area contributed by atoms with E-state index in [9.17, 15) is 0 Å². The van der Waals surface area contributed by atoms with Gasteiger partial charge in [0.15, 0.2) is 5.96 Å². The van der Waals surface area contributed by atoms with Gasteiger partial charge in [-0.05, 0) is 37.8 Å². The summed E-state index contributed by atoms with van der Waals surface area (Å²) in [6.45, 7) is 3.68. The van der Waals surface area contributed by atoms with Gasteiger partial charge in [0.05, 0.1) is 0 Å². The first-order chi connectivity index (χ1) is 9.78. The molecule has 116 valence electrons. The molecular formula is C15H22ClIN4. The Morgan fingerprint density at radius 2 is 2.14 bits per heavy atom. The average Bonchev–Trinajstić information content (AvgIpc) is 2.94. The van der Waals surface area contributed by atoms with Gasteiger partial charge in [0, 0.05) is 25.3 Å². The highest BCUT2D eigenvalue weighted by Gasteiger charge is 2.11. The topological polar surface area (TPSA) is 49.3 Å². The number of nitrogens with zero attached hydrogens (tertiary/aromatic N) is 2. The summed E-state index contributed by atoms with van der Waals surface area (Å²) in [7, 11) is 0. The molecule has 1 aliphatic rings. The van der Waals surface area contributed by atoms with Gasteiger partial charge in [0.25, 0.3) is 0 Å². The SMILES string of the molecule is CCNC(=NCCc1ccc(Cl)nc1)NC1CC=CC1.I. The predicted octanol–water partition coefficient (Wildman–Crippen LogP) is 3.17. The van der Waals surface area contributed by atoms with Crippen LogP contribution in [-0.2, 0) is 6.42 Å². The van der Waals surface area contributed by atoms with E-state index in [1.165, 1.54) is 0 Å². The summed E-state index contributed by atoms with van der Waals surface area (Å²) in [5.74, 6) is 0.892. The summed E-state index contributed by atoms with van der Waals surface area (Å²) in [6, 6.07) is 4.28. The molecule has 21 heavy (non-hydrogen) atoms. The number of pyridine rings is 1. The highest BCUT2D eigenvalue weighted by Crippen LogP contribution is 2.09. The van der Waals surface area contributed by atoms with Gasteiger partial charge in [-0.3, -0.25) is 4.99 Å². The second kappa shape index (κ2) is 10.00. The summed E-state index contributed by atoms with van der Waals surface area (Å²) in [5.41, 5.74) is 1.15. The lowest BCUT2D eigenvalue weighted by atomic mass is 10.2. The molecule has 2 rings (SSSR count). The van der Waals surface area contributed by atoms with Crippen LogP contribution in [0.1, 0.15) is 25.3 Å². The van der Waals surface area contributed by atoms with Crippen molar-refractivity contribution < 1.29 is 0 Å². The maximum absolute atomic E-state index is 5.77. The lowest BCUT2D eigenvalue weighted by Gasteiger charge is -2.16. The van der Waals surface area contributed by atoms with Crippen LogP contribution in [0.2, 0.25) is 5.15 Å². The van der Waals surface area contributed by atoms with Crippen molar-refractivity contribution in [3.05, 3.63) is 41.2 Å². The highest BCUT2D eigenvalue weighted by molar-refractivity contribution is 14.0. The smallest absolute Gasteiger partial charge is 0.191 e. The van der Waals surface area contributed by atoms with Crippen LogP contribution in [0.15, 0.2) is 35.5 Å². The molecule has 0 aliphatic heterocycles. The molecule has 0 unspecified atom stereocenters. The minimum atomic E-state index is 0. The number of aromatic nitrogens is 1. The van der Waals surface area contributed by atoms with Crippen molar-refractivity contribution in [2.45, 2.75) is 32.2 Å².